The lowest BCUT2D eigenvalue weighted by molar-refractivity contribution is 0.199. The fourth-order valence-corrected chi connectivity index (χ4v) is 4.40. The second-order valence-electron chi connectivity index (χ2n) is 8.83. The minimum absolute atomic E-state index is 0. The summed E-state index contributed by atoms with van der Waals surface area (Å²) in [4.78, 5) is 17.0. The molecule has 1 heterocycles. The maximum atomic E-state index is 12.1. The first-order valence-corrected chi connectivity index (χ1v) is 12.4. The Kier molecular flexibility index (Phi) is 10.9. The molecule has 0 unspecified atom stereocenters. The number of ether oxygens (including phenoxy) is 2. The van der Waals surface area contributed by atoms with Gasteiger partial charge in [-0.1, -0.05) is 54.6 Å². The number of halogens is 1. The van der Waals surface area contributed by atoms with Crippen molar-refractivity contribution >= 4 is 24.2 Å². The lowest BCUT2D eigenvalue weighted by Crippen LogP contribution is -2.46. The summed E-state index contributed by atoms with van der Waals surface area (Å²) in [5.74, 6) is 1.49. The third kappa shape index (κ3) is 8.18. The van der Waals surface area contributed by atoms with Crippen LogP contribution in [0.2, 0.25) is 0 Å². The van der Waals surface area contributed by atoms with Crippen molar-refractivity contribution in [3.05, 3.63) is 90.0 Å². The molecule has 1 saturated heterocycles. The van der Waals surface area contributed by atoms with Gasteiger partial charge in [-0.3, -0.25) is 4.90 Å². The second kappa shape index (κ2) is 14.4. The molecular weight excluding hydrogens is 474 g/mol. The van der Waals surface area contributed by atoms with Gasteiger partial charge in [0.15, 0.2) is 0 Å². The van der Waals surface area contributed by atoms with Gasteiger partial charge in [0.05, 0.1) is 12.8 Å². The monoisotopic (exact) mass is 509 g/mol. The van der Waals surface area contributed by atoms with Crippen molar-refractivity contribution in [2.45, 2.75) is 19.3 Å². The van der Waals surface area contributed by atoms with Gasteiger partial charge in [0.2, 0.25) is 0 Å². The van der Waals surface area contributed by atoms with Crippen molar-refractivity contribution in [3.63, 3.8) is 0 Å². The first-order chi connectivity index (χ1) is 17.2. The molecular formula is C29H36ClN3O3. The average Bonchev–Trinajstić information content (AvgIpc) is 2.90. The molecule has 1 aliphatic rings. The van der Waals surface area contributed by atoms with Crippen LogP contribution in [0.3, 0.4) is 0 Å². The van der Waals surface area contributed by atoms with Crippen molar-refractivity contribution in [2.24, 2.45) is 0 Å². The molecule has 0 aliphatic carbocycles. The summed E-state index contributed by atoms with van der Waals surface area (Å²) in [6.07, 6.45) is 2.44. The number of hydrogen-bond donors (Lipinski definition) is 1. The molecule has 1 N–H and O–H groups in total. The van der Waals surface area contributed by atoms with Crippen LogP contribution in [0.25, 0.3) is 0 Å². The van der Waals surface area contributed by atoms with Gasteiger partial charge < -0.3 is 19.7 Å². The fraction of sp³-hybridized carbons (Fsp3) is 0.345. The largest absolute Gasteiger partial charge is 0.495 e. The number of hydrogen-bond acceptors (Lipinski definition) is 5. The number of methoxy groups -OCH3 is 1. The Morgan fingerprint density at radius 1 is 0.833 bits per heavy atom. The molecule has 0 bridgehead atoms. The molecule has 1 amide bonds. The summed E-state index contributed by atoms with van der Waals surface area (Å²) in [6.45, 7) is 5.72. The topological polar surface area (TPSA) is 54.0 Å². The summed E-state index contributed by atoms with van der Waals surface area (Å²) in [6, 6.07) is 26.2. The maximum absolute atomic E-state index is 12.1. The van der Waals surface area contributed by atoms with Gasteiger partial charge in [-0.15, -0.1) is 12.4 Å². The zero-order chi connectivity index (χ0) is 24.3. The molecule has 0 saturated carbocycles. The number of carbonyl (C=O) groups excluding carboxylic acids is 1. The summed E-state index contributed by atoms with van der Waals surface area (Å²) in [5.41, 5.74) is 3.62. The van der Waals surface area contributed by atoms with E-state index in [0.717, 1.165) is 57.7 Å². The third-order valence-corrected chi connectivity index (χ3v) is 6.35. The quantitative estimate of drug-likeness (QED) is 0.371. The molecule has 0 aromatic heterocycles. The molecule has 3 aromatic rings. The molecule has 192 valence electrons. The molecule has 1 aliphatic heterocycles. The fourth-order valence-electron chi connectivity index (χ4n) is 4.40. The highest BCUT2D eigenvalue weighted by molar-refractivity contribution is 5.85. The van der Waals surface area contributed by atoms with Gasteiger partial charge in [0.25, 0.3) is 0 Å². The number of carbonyl (C=O) groups is 1. The van der Waals surface area contributed by atoms with E-state index < -0.39 is 6.09 Å². The van der Waals surface area contributed by atoms with Crippen molar-refractivity contribution in [3.8, 4) is 11.5 Å². The Hall–Kier alpha value is -3.22. The highest BCUT2D eigenvalue weighted by Crippen LogP contribution is 2.28. The van der Waals surface area contributed by atoms with Crippen molar-refractivity contribution in [1.29, 1.82) is 0 Å². The van der Waals surface area contributed by atoms with Gasteiger partial charge in [-0.25, -0.2) is 4.79 Å². The van der Waals surface area contributed by atoms with E-state index in [0.29, 0.717) is 12.3 Å². The van der Waals surface area contributed by atoms with Gasteiger partial charge in [0, 0.05) is 32.7 Å². The molecule has 3 aromatic carbocycles. The summed E-state index contributed by atoms with van der Waals surface area (Å²) in [7, 11) is 1.72. The van der Waals surface area contributed by atoms with E-state index in [4.69, 9.17) is 9.47 Å². The lowest BCUT2D eigenvalue weighted by Gasteiger charge is -2.36. The number of amides is 1. The van der Waals surface area contributed by atoms with Crippen LogP contribution >= 0.6 is 12.4 Å². The molecule has 0 radical (unpaired) electrons. The Balaban J connectivity index is 0.00000361. The first-order valence-electron chi connectivity index (χ1n) is 12.4. The van der Waals surface area contributed by atoms with Gasteiger partial charge >= 0.3 is 6.09 Å². The SMILES string of the molecule is COc1ccccc1N1CCN(CCCCNC(=O)Oc2ccc(Cc3ccccc3)cc2)CC1.Cl. The predicted molar refractivity (Wildman–Crippen MR) is 148 cm³/mol. The number of benzene rings is 3. The number of para-hydroxylation sites is 2. The highest BCUT2D eigenvalue weighted by Gasteiger charge is 2.19. The number of nitrogens with one attached hydrogen (secondary N) is 1. The van der Waals surface area contributed by atoms with Crippen LogP contribution in [0.15, 0.2) is 78.9 Å². The summed E-state index contributed by atoms with van der Waals surface area (Å²) < 4.78 is 10.9. The highest BCUT2D eigenvalue weighted by atomic mass is 35.5. The molecule has 1 fully saturated rings. The van der Waals surface area contributed by atoms with E-state index >= 15 is 0 Å². The molecule has 4 rings (SSSR count). The summed E-state index contributed by atoms with van der Waals surface area (Å²) >= 11 is 0. The minimum atomic E-state index is -0.397. The molecule has 0 spiro atoms. The number of unbranched alkanes of at least 4 members (excludes halogenated alkanes) is 1. The number of nitrogens with zero attached hydrogens (tertiary/aromatic N) is 2. The Morgan fingerprint density at radius 3 is 2.22 bits per heavy atom. The van der Waals surface area contributed by atoms with E-state index in [1.54, 1.807) is 7.11 Å². The first kappa shape index (κ1) is 27.4. The van der Waals surface area contributed by atoms with Crippen LogP contribution in [0.1, 0.15) is 24.0 Å². The Labute approximate surface area is 220 Å². The molecule has 0 atom stereocenters. The van der Waals surface area contributed by atoms with E-state index in [2.05, 4.69) is 39.4 Å². The zero-order valence-corrected chi connectivity index (χ0v) is 21.7. The Bertz CT molecular complexity index is 1050. The van der Waals surface area contributed by atoms with Gasteiger partial charge in [-0.05, 0) is 61.2 Å². The minimum Gasteiger partial charge on any atom is -0.495 e. The zero-order valence-electron chi connectivity index (χ0n) is 20.9. The van der Waals surface area contributed by atoms with Crippen LogP contribution in [-0.4, -0.2) is 57.4 Å². The van der Waals surface area contributed by atoms with Gasteiger partial charge in [-0.2, -0.15) is 0 Å². The van der Waals surface area contributed by atoms with Crippen molar-refractivity contribution in [1.82, 2.24) is 10.2 Å². The van der Waals surface area contributed by atoms with E-state index in [1.165, 1.54) is 16.8 Å². The lowest BCUT2D eigenvalue weighted by atomic mass is 10.1. The normalized spacial score (nSPS) is 13.5. The van der Waals surface area contributed by atoms with Crippen LogP contribution in [-0.2, 0) is 6.42 Å². The van der Waals surface area contributed by atoms with Crippen molar-refractivity contribution in [2.75, 3.05) is 51.3 Å². The second-order valence-corrected chi connectivity index (χ2v) is 8.83. The van der Waals surface area contributed by atoms with Crippen LogP contribution in [0, 0.1) is 0 Å². The average molecular weight is 510 g/mol. The van der Waals surface area contributed by atoms with Crippen LogP contribution in [0.4, 0.5) is 10.5 Å². The van der Waals surface area contributed by atoms with Crippen LogP contribution in [0.5, 0.6) is 11.5 Å². The van der Waals surface area contributed by atoms with E-state index in [-0.39, 0.29) is 12.4 Å². The molecule has 6 nitrogen and oxygen atoms in total. The summed E-state index contributed by atoms with van der Waals surface area (Å²) in [5, 5.41) is 2.86. The van der Waals surface area contributed by atoms with E-state index in [9.17, 15) is 4.79 Å². The smallest absolute Gasteiger partial charge is 0.412 e. The number of rotatable bonds is 10. The molecule has 36 heavy (non-hydrogen) atoms. The van der Waals surface area contributed by atoms with Crippen molar-refractivity contribution < 1.29 is 14.3 Å². The Morgan fingerprint density at radius 2 is 1.50 bits per heavy atom. The number of piperazine rings is 1. The number of anilines is 1. The van der Waals surface area contributed by atoms with E-state index in [1.807, 2.05) is 54.6 Å². The predicted octanol–water partition coefficient (Wildman–Crippen LogP) is 5.40. The van der Waals surface area contributed by atoms with Crippen LogP contribution < -0.4 is 19.7 Å². The third-order valence-electron chi connectivity index (χ3n) is 6.35. The van der Waals surface area contributed by atoms with Gasteiger partial charge in [0.1, 0.15) is 11.5 Å². The maximum Gasteiger partial charge on any atom is 0.412 e. The standard InChI is InChI=1S/C29H35N3O3.ClH/c1-34-28-12-6-5-11-27(28)32-21-19-31(20-22-32)18-8-7-17-30-29(33)35-26-15-13-25(14-16-26)23-24-9-3-2-4-10-24;/h2-6,9-16H,7-8,17-23H2,1H3,(H,30,33);1H. The molecule has 7 heteroatoms.